The van der Waals surface area contributed by atoms with Gasteiger partial charge < -0.3 is 15.2 Å². The summed E-state index contributed by atoms with van der Waals surface area (Å²) in [6.45, 7) is 0.321. The van der Waals surface area contributed by atoms with Crippen LogP contribution in [0.5, 0.6) is 0 Å². The maximum absolute atomic E-state index is 11.6. The Kier molecular flexibility index (Phi) is 7.29. The highest BCUT2D eigenvalue weighted by Gasteiger charge is 2.12. The van der Waals surface area contributed by atoms with Crippen LogP contribution in [0.25, 0.3) is 0 Å². The molecule has 2 N–H and O–H groups in total. The molecule has 100 valence electrons. The van der Waals surface area contributed by atoms with Gasteiger partial charge >= 0.3 is 6.09 Å². The maximum Gasteiger partial charge on any atom is 0.407 e. The number of hydrogen-bond acceptors (Lipinski definition) is 4. The Morgan fingerprint density at radius 2 is 2.17 bits per heavy atom. The molecule has 0 radical (unpaired) electrons. The summed E-state index contributed by atoms with van der Waals surface area (Å²) in [5, 5.41) is 11.6. The third-order valence-electron chi connectivity index (χ3n) is 2.38. The minimum atomic E-state index is -0.439. The number of nitrogens with one attached hydrogen (secondary N) is 1. The first-order valence-corrected chi connectivity index (χ1v) is 7.22. The Bertz CT molecular complexity index is 339. The van der Waals surface area contributed by atoms with Crippen LogP contribution in [0.15, 0.2) is 30.3 Å². The van der Waals surface area contributed by atoms with E-state index >= 15 is 0 Å². The van der Waals surface area contributed by atoms with Crippen molar-refractivity contribution in [1.29, 1.82) is 0 Å². The molecule has 18 heavy (non-hydrogen) atoms. The SMILES string of the molecule is CSCC(CCO)NC(=O)OCc1ccccc1. The van der Waals surface area contributed by atoms with E-state index in [1.807, 2.05) is 36.6 Å². The van der Waals surface area contributed by atoms with Crippen molar-refractivity contribution < 1.29 is 14.6 Å². The average Bonchev–Trinajstić information content (AvgIpc) is 2.38. The third kappa shape index (κ3) is 5.93. The summed E-state index contributed by atoms with van der Waals surface area (Å²) < 4.78 is 5.11. The lowest BCUT2D eigenvalue weighted by Crippen LogP contribution is -2.37. The van der Waals surface area contributed by atoms with Gasteiger partial charge in [-0.25, -0.2) is 4.79 Å². The standard InChI is InChI=1S/C13H19NO3S/c1-18-10-12(7-8-15)14-13(16)17-9-11-5-3-2-4-6-11/h2-6,12,15H,7-10H2,1H3,(H,14,16). The molecule has 0 aromatic heterocycles. The van der Waals surface area contributed by atoms with Crippen LogP contribution in [0.4, 0.5) is 4.79 Å². The van der Waals surface area contributed by atoms with Crippen molar-refractivity contribution in [3.63, 3.8) is 0 Å². The first-order chi connectivity index (χ1) is 8.76. The van der Waals surface area contributed by atoms with Gasteiger partial charge in [-0.15, -0.1) is 0 Å². The van der Waals surface area contributed by atoms with Crippen LogP contribution in [0.3, 0.4) is 0 Å². The monoisotopic (exact) mass is 269 g/mol. The van der Waals surface area contributed by atoms with Gasteiger partial charge in [0.25, 0.3) is 0 Å². The Morgan fingerprint density at radius 3 is 2.78 bits per heavy atom. The lowest BCUT2D eigenvalue weighted by Gasteiger charge is -2.16. The number of aliphatic hydroxyl groups excluding tert-OH is 1. The minimum Gasteiger partial charge on any atom is -0.445 e. The summed E-state index contributed by atoms with van der Waals surface area (Å²) in [7, 11) is 0. The van der Waals surface area contributed by atoms with Crippen molar-refractivity contribution in [2.24, 2.45) is 0 Å². The Labute approximate surface area is 112 Å². The van der Waals surface area contributed by atoms with Crippen molar-refractivity contribution >= 4 is 17.9 Å². The first kappa shape index (κ1) is 14.9. The lowest BCUT2D eigenvalue weighted by atomic mass is 10.2. The van der Waals surface area contributed by atoms with E-state index in [-0.39, 0.29) is 19.3 Å². The molecule has 0 bridgehead atoms. The Hall–Kier alpha value is -1.20. The van der Waals surface area contributed by atoms with E-state index in [4.69, 9.17) is 9.84 Å². The van der Waals surface area contributed by atoms with Crippen LogP contribution in [-0.2, 0) is 11.3 Å². The molecule has 0 aliphatic carbocycles. The van der Waals surface area contributed by atoms with Crippen LogP contribution >= 0.6 is 11.8 Å². The normalized spacial score (nSPS) is 11.9. The van der Waals surface area contributed by atoms with E-state index in [1.54, 1.807) is 11.8 Å². The molecule has 0 aliphatic heterocycles. The van der Waals surface area contributed by atoms with E-state index in [2.05, 4.69) is 5.32 Å². The topological polar surface area (TPSA) is 58.6 Å². The van der Waals surface area contributed by atoms with Crippen molar-refractivity contribution in [3.8, 4) is 0 Å². The minimum absolute atomic E-state index is 0.0479. The molecule has 0 heterocycles. The zero-order chi connectivity index (χ0) is 13.2. The fraction of sp³-hybridized carbons (Fsp3) is 0.462. The van der Waals surface area contributed by atoms with E-state index in [0.29, 0.717) is 6.42 Å². The van der Waals surface area contributed by atoms with Crippen LogP contribution in [0.2, 0.25) is 0 Å². The summed E-state index contributed by atoms with van der Waals surface area (Å²) in [5.41, 5.74) is 0.955. The second-order valence-electron chi connectivity index (χ2n) is 3.87. The van der Waals surface area contributed by atoms with Gasteiger partial charge in [0.05, 0.1) is 0 Å². The lowest BCUT2D eigenvalue weighted by molar-refractivity contribution is 0.134. The third-order valence-corrected chi connectivity index (χ3v) is 3.12. The molecule has 0 fully saturated rings. The summed E-state index contributed by atoms with van der Waals surface area (Å²) in [4.78, 5) is 11.6. The molecule has 1 atom stereocenters. The van der Waals surface area contributed by atoms with Crippen LogP contribution in [0.1, 0.15) is 12.0 Å². The molecule has 0 saturated heterocycles. The Balaban J connectivity index is 2.31. The highest BCUT2D eigenvalue weighted by atomic mass is 32.2. The summed E-state index contributed by atoms with van der Waals surface area (Å²) in [6, 6.07) is 9.48. The molecule has 0 spiro atoms. The number of carbonyl (C=O) groups is 1. The molecule has 4 nitrogen and oxygen atoms in total. The molecule has 0 aliphatic rings. The van der Waals surface area contributed by atoms with E-state index in [1.165, 1.54) is 0 Å². The number of aliphatic hydroxyl groups is 1. The predicted octanol–water partition coefficient (Wildman–Crippen LogP) is 2.03. The van der Waals surface area contributed by atoms with Crippen LogP contribution < -0.4 is 5.32 Å². The van der Waals surface area contributed by atoms with Crippen LogP contribution in [0, 0.1) is 0 Å². The number of carbonyl (C=O) groups excluding carboxylic acids is 1. The number of amides is 1. The van der Waals surface area contributed by atoms with Crippen molar-refractivity contribution in [2.75, 3.05) is 18.6 Å². The fourth-order valence-corrected chi connectivity index (χ4v) is 2.14. The van der Waals surface area contributed by atoms with E-state index < -0.39 is 6.09 Å². The largest absolute Gasteiger partial charge is 0.445 e. The number of alkyl carbamates (subject to hydrolysis) is 1. The highest BCUT2D eigenvalue weighted by Crippen LogP contribution is 2.03. The van der Waals surface area contributed by atoms with E-state index in [9.17, 15) is 4.79 Å². The zero-order valence-electron chi connectivity index (χ0n) is 10.5. The number of hydrogen-bond donors (Lipinski definition) is 2. The molecule has 1 aromatic rings. The number of benzene rings is 1. The van der Waals surface area contributed by atoms with Crippen molar-refractivity contribution in [2.45, 2.75) is 19.1 Å². The number of thioether (sulfide) groups is 1. The molecule has 1 rings (SSSR count). The summed E-state index contributed by atoms with van der Waals surface area (Å²) >= 11 is 1.62. The van der Waals surface area contributed by atoms with Gasteiger partial charge in [-0.3, -0.25) is 0 Å². The smallest absolute Gasteiger partial charge is 0.407 e. The van der Waals surface area contributed by atoms with Gasteiger partial charge in [-0.1, -0.05) is 30.3 Å². The van der Waals surface area contributed by atoms with Gasteiger partial charge in [0.1, 0.15) is 6.61 Å². The summed E-state index contributed by atoms with van der Waals surface area (Å²) in [6.07, 6.45) is 2.06. The summed E-state index contributed by atoms with van der Waals surface area (Å²) in [5.74, 6) is 0.765. The van der Waals surface area contributed by atoms with Crippen LogP contribution in [-0.4, -0.2) is 35.9 Å². The molecular weight excluding hydrogens is 250 g/mol. The van der Waals surface area contributed by atoms with Crippen molar-refractivity contribution in [1.82, 2.24) is 5.32 Å². The fourth-order valence-electron chi connectivity index (χ4n) is 1.49. The molecule has 1 unspecified atom stereocenters. The molecule has 5 heteroatoms. The second kappa shape index (κ2) is 8.83. The van der Waals surface area contributed by atoms with Crippen molar-refractivity contribution in [3.05, 3.63) is 35.9 Å². The molecular formula is C13H19NO3S. The first-order valence-electron chi connectivity index (χ1n) is 5.83. The Morgan fingerprint density at radius 1 is 1.44 bits per heavy atom. The molecule has 1 amide bonds. The van der Waals surface area contributed by atoms with E-state index in [0.717, 1.165) is 11.3 Å². The quantitative estimate of drug-likeness (QED) is 0.795. The predicted molar refractivity (Wildman–Crippen MR) is 73.6 cm³/mol. The van der Waals surface area contributed by atoms with Gasteiger partial charge in [-0.05, 0) is 18.2 Å². The zero-order valence-corrected chi connectivity index (χ0v) is 11.3. The second-order valence-corrected chi connectivity index (χ2v) is 4.78. The number of rotatable bonds is 7. The number of ether oxygens (including phenoxy) is 1. The van der Waals surface area contributed by atoms with Gasteiger partial charge in [0.2, 0.25) is 0 Å². The maximum atomic E-state index is 11.6. The average molecular weight is 269 g/mol. The van der Waals surface area contributed by atoms with Gasteiger partial charge in [-0.2, -0.15) is 11.8 Å². The molecule has 0 saturated carbocycles. The van der Waals surface area contributed by atoms with Gasteiger partial charge in [0, 0.05) is 18.4 Å². The molecule has 1 aromatic carbocycles. The van der Waals surface area contributed by atoms with Gasteiger partial charge in [0.15, 0.2) is 0 Å². The highest BCUT2D eigenvalue weighted by molar-refractivity contribution is 7.98.